The molecule has 60 valence electrons. The monoisotopic (exact) mass is 180 g/mol. The van der Waals surface area contributed by atoms with Crippen LogP contribution in [0.1, 0.15) is 0 Å². The van der Waals surface area contributed by atoms with Crippen molar-refractivity contribution in [2.45, 2.75) is 0 Å². The Morgan fingerprint density at radius 3 is 2.42 bits per heavy atom. The van der Waals surface area contributed by atoms with Gasteiger partial charge in [0.25, 0.3) is 0 Å². The predicted octanol–water partition coefficient (Wildman–Crippen LogP) is -2.05. The Hall–Kier alpha value is -0.433. The predicted molar refractivity (Wildman–Crippen MR) is 39.0 cm³/mol. The molecule has 0 unspecified atom stereocenters. The van der Waals surface area contributed by atoms with Gasteiger partial charge in [-0.3, -0.25) is 0 Å². The van der Waals surface area contributed by atoms with Crippen LogP contribution in [0.3, 0.4) is 0 Å². The van der Waals surface area contributed by atoms with E-state index in [0.717, 1.165) is 0 Å². The molecule has 1 aromatic heterocycles. The number of halogens is 1. The van der Waals surface area contributed by atoms with Gasteiger partial charge in [-0.2, -0.15) is 4.98 Å². The number of rotatable bonds is 2. The molecule has 0 saturated carbocycles. The Morgan fingerprint density at radius 1 is 1.25 bits per heavy atom. The van der Waals surface area contributed by atoms with E-state index < -0.39 is 0 Å². The number of methoxy groups -OCH3 is 2. The van der Waals surface area contributed by atoms with Crippen molar-refractivity contribution in [3.05, 3.63) is 11.2 Å². The van der Waals surface area contributed by atoms with Gasteiger partial charge in [-0.05, 0) is 5.15 Å². The first kappa shape index (κ1) is 11.6. The fraction of sp³-hybridized carbons (Fsp3) is 0.333. The zero-order valence-electron chi connectivity index (χ0n) is 7.09. The first-order valence-electron chi connectivity index (χ1n) is 2.81. The van der Waals surface area contributed by atoms with E-state index >= 15 is 0 Å². The summed E-state index contributed by atoms with van der Waals surface area (Å²) in [6.07, 6.45) is 0. The summed E-state index contributed by atoms with van der Waals surface area (Å²) < 4.78 is 9.50. The molecular weight excluding hydrogens is 174 g/mol. The molecule has 1 heterocycles. The van der Waals surface area contributed by atoms with E-state index in [1.54, 1.807) is 0 Å². The fourth-order valence-corrected chi connectivity index (χ4v) is 0.681. The minimum absolute atomic E-state index is 0. The van der Waals surface area contributed by atoms with Gasteiger partial charge in [-0.1, -0.05) is 0 Å². The molecule has 4 nitrogen and oxygen atoms in total. The van der Waals surface area contributed by atoms with Crippen molar-refractivity contribution in [2.24, 2.45) is 0 Å². The van der Waals surface area contributed by atoms with Crippen molar-refractivity contribution < 1.29 is 28.3 Å². The molecule has 6 heteroatoms. The summed E-state index contributed by atoms with van der Waals surface area (Å²) in [5.74, 6) is 0.266. The minimum atomic E-state index is 0. The van der Waals surface area contributed by atoms with Gasteiger partial charge in [0.2, 0.25) is 0 Å². The van der Waals surface area contributed by atoms with Crippen molar-refractivity contribution in [2.75, 3.05) is 14.2 Å². The minimum Gasteiger partial charge on any atom is -0.515 e. The molecular formula is C6H6ClLiN2O2. The maximum Gasteiger partial charge on any atom is 1.00 e. The summed E-state index contributed by atoms with van der Waals surface area (Å²) in [4.78, 5) is 7.47. The van der Waals surface area contributed by atoms with Crippen molar-refractivity contribution >= 4 is 11.6 Å². The molecule has 1 aromatic rings. The van der Waals surface area contributed by atoms with Gasteiger partial charge in [0, 0.05) is 5.88 Å². The molecule has 0 aliphatic heterocycles. The molecule has 0 radical (unpaired) electrons. The van der Waals surface area contributed by atoms with Gasteiger partial charge in [0.15, 0.2) is 0 Å². The number of aromatic nitrogens is 2. The van der Waals surface area contributed by atoms with Crippen LogP contribution in [0, 0.1) is 6.07 Å². The van der Waals surface area contributed by atoms with E-state index in [-0.39, 0.29) is 35.9 Å². The summed E-state index contributed by atoms with van der Waals surface area (Å²) in [7, 11) is 2.92. The summed E-state index contributed by atoms with van der Waals surface area (Å²) in [6.45, 7) is 0. The van der Waals surface area contributed by atoms with E-state index in [1.807, 2.05) is 0 Å². The molecule has 0 fully saturated rings. The van der Waals surface area contributed by atoms with Crippen LogP contribution in [0.15, 0.2) is 0 Å². The van der Waals surface area contributed by atoms with Crippen LogP contribution in [-0.2, 0) is 0 Å². The number of hydrogen-bond acceptors (Lipinski definition) is 4. The third-order valence-electron chi connectivity index (χ3n) is 0.977. The maximum absolute atomic E-state index is 5.54. The normalized spacial score (nSPS) is 8.58. The van der Waals surface area contributed by atoms with Crippen LogP contribution < -0.4 is 28.3 Å². The van der Waals surface area contributed by atoms with E-state index in [0.29, 0.717) is 0 Å². The second-order valence-corrected chi connectivity index (χ2v) is 1.99. The average Bonchev–Trinajstić information content (AvgIpc) is 2.03. The van der Waals surface area contributed by atoms with Crippen LogP contribution >= 0.6 is 11.6 Å². The molecule has 0 spiro atoms. The molecule has 12 heavy (non-hydrogen) atoms. The van der Waals surface area contributed by atoms with Crippen LogP contribution in [0.2, 0.25) is 5.15 Å². The third kappa shape index (κ3) is 2.90. The quantitative estimate of drug-likeness (QED) is 0.299. The maximum atomic E-state index is 5.54. The smallest absolute Gasteiger partial charge is 0.515 e. The molecule has 1 rings (SSSR count). The van der Waals surface area contributed by atoms with Crippen LogP contribution in [0.25, 0.3) is 0 Å². The zero-order valence-corrected chi connectivity index (χ0v) is 7.84. The fourth-order valence-electron chi connectivity index (χ4n) is 0.528. The summed E-state index contributed by atoms with van der Waals surface area (Å²) >= 11 is 5.54. The van der Waals surface area contributed by atoms with Gasteiger partial charge in [-0.15, -0.1) is 11.6 Å². The number of ether oxygens (including phenoxy) is 2. The van der Waals surface area contributed by atoms with Crippen LogP contribution in [0.4, 0.5) is 0 Å². The van der Waals surface area contributed by atoms with Crippen molar-refractivity contribution in [3.8, 4) is 11.9 Å². The number of hydrogen-bond donors (Lipinski definition) is 0. The molecule has 0 aromatic carbocycles. The summed E-state index contributed by atoms with van der Waals surface area (Å²) in [5, 5.41) is 0.175. The second-order valence-electron chi connectivity index (χ2n) is 1.64. The summed E-state index contributed by atoms with van der Waals surface area (Å²) in [5.41, 5.74) is 0. The van der Waals surface area contributed by atoms with Gasteiger partial charge in [0.1, 0.15) is 0 Å². The molecule has 0 atom stereocenters. The van der Waals surface area contributed by atoms with Crippen molar-refractivity contribution in [3.63, 3.8) is 0 Å². The molecule has 0 aliphatic rings. The van der Waals surface area contributed by atoms with Crippen molar-refractivity contribution in [1.82, 2.24) is 9.97 Å². The SMILES string of the molecule is COc1[c-]c(Cl)nc(OC)n1.[Li+]. The van der Waals surface area contributed by atoms with Gasteiger partial charge < -0.3 is 15.5 Å². The average molecular weight is 181 g/mol. The molecule has 0 amide bonds. The number of nitrogens with zero attached hydrogens (tertiary/aromatic N) is 2. The Bertz CT molecular complexity index is 237. The second kappa shape index (κ2) is 5.25. The first-order chi connectivity index (χ1) is 5.26. The third-order valence-corrected chi connectivity index (χ3v) is 1.16. The van der Waals surface area contributed by atoms with Crippen LogP contribution in [0.5, 0.6) is 11.9 Å². The van der Waals surface area contributed by atoms with E-state index in [4.69, 9.17) is 21.1 Å². The van der Waals surface area contributed by atoms with Gasteiger partial charge >= 0.3 is 24.9 Å². The van der Waals surface area contributed by atoms with E-state index in [9.17, 15) is 0 Å². The zero-order chi connectivity index (χ0) is 8.27. The Morgan fingerprint density at radius 2 is 1.92 bits per heavy atom. The van der Waals surface area contributed by atoms with Gasteiger partial charge in [0.05, 0.1) is 14.2 Å². The standard InChI is InChI=1S/C6H6ClN2O2.Li/c1-10-5-3-4(7)8-6(9-5)11-2;/h1-2H3;/q-1;+1. The molecule has 0 bridgehead atoms. The van der Waals surface area contributed by atoms with E-state index in [1.165, 1.54) is 14.2 Å². The first-order valence-corrected chi connectivity index (χ1v) is 3.19. The Balaban J connectivity index is 0.00000121. The topological polar surface area (TPSA) is 44.2 Å². The largest absolute Gasteiger partial charge is 1.00 e. The molecule has 0 N–H and O–H groups in total. The summed E-state index contributed by atoms with van der Waals surface area (Å²) in [6, 6.07) is 2.74. The Labute approximate surface area is 87.4 Å². The van der Waals surface area contributed by atoms with Crippen molar-refractivity contribution in [1.29, 1.82) is 0 Å². The molecule has 0 saturated heterocycles. The molecule has 0 aliphatic carbocycles. The van der Waals surface area contributed by atoms with Gasteiger partial charge in [-0.25, -0.2) is 4.98 Å². The Kier molecular flexibility index (Phi) is 5.07. The van der Waals surface area contributed by atoms with Crippen LogP contribution in [-0.4, -0.2) is 24.2 Å². The van der Waals surface area contributed by atoms with E-state index in [2.05, 4.69) is 16.0 Å².